The standard InChI is InChI=1S/C14H27NO3/c1-3-7-13(14(16)17-4-2)15-10-9-12-8-5-6-11-18-12/h12-13,15H,3-11H2,1-2H3. The van der Waals surface area contributed by atoms with Crippen LogP contribution in [0.1, 0.15) is 52.4 Å². The first-order chi connectivity index (χ1) is 8.77. The number of carbonyl (C=O) groups excluding carboxylic acids is 1. The molecule has 0 bridgehead atoms. The quantitative estimate of drug-likeness (QED) is 0.678. The summed E-state index contributed by atoms with van der Waals surface area (Å²) in [6.45, 7) is 6.09. The first kappa shape index (κ1) is 15.4. The van der Waals surface area contributed by atoms with E-state index in [1.807, 2.05) is 6.92 Å². The van der Waals surface area contributed by atoms with Crippen LogP contribution < -0.4 is 5.32 Å². The van der Waals surface area contributed by atoms with Crippen molar-refractivity contribution in [1.29, 1.82) is 0 Å². The Kier molecular flexibility index (Phi) is 8.01. The molecule has 0 spiro atoms. The van der Waals surface area contributed by atoms with Crippen LogP contribution in [0.25, 0.3) is 0 Å². The molecular formula is C14H27NO3. The fourth-order valence-corrected chi connectivity index (χ4v) is 2.29. The number of nitrogens with one attached hydrogen (secondary N) is 1. The highest BCUT2D eigenvalue weighted by molar-refractivity contribution is 5.75. The highest BCUT2D eigenvalue weighted by Gasteiger charge is 2.19. The number of carbonyl (C=O) groups is 1. The molecule has 0 saturated carbocycles. The van der Waals surface area contributed by atoms with E-state index in [0.29, 0.717) is 12.7 Å². The first-order valence-corrected chi connectivity index (χ1v) is 7.29. The van der Waals surface area contributed by atoms with Gasteiger partial charge in [0.05, 0.1) is 12.7 Å². The van der Waals surface area contributed by atoms with E-state index in [2.05, 4.69) is 12.2 Å². The predicted octanol–water partition coefficient (Wildman–Crippen LogP) is 2.27. The fourth-order valence-electron chi connectivity index (χ4n) is 2.29. The molecule has 1 fully saturated rings. The van der Waals surface area contributed by atoms with Gasteiger partial charge in [-0.2, -0.15) is 0 Å². The van der Waals surface area contributed by atoms with E-state index >= 15 is 0 Å². The fraction of sp³-hybridized carbons (Fsp3) is 0.929. The van der Waals surface area contributed by atoms with E-state index in [1.165, 1.54) is 12.8 Å². The van der Waals surface area contributed by atoms with Crippen LogP contribution >= 0.6 is 0 Å². The molecule has 1 saturated heterocycles. The topological polar surface area (TPSA) is 47.6 Å². The molecule has 1 aliphatic rings. The number of ether oxygens (including phenoxy) is 2. The molecule has 0 aromatic rings. The van der Waals surface area contributed by atoms with E-state index in [1.54, 1.807) is 0 Å². The van der Waals surface area contributed by atoms with Gasteiger partial charge in [-0.1, -0.05) is 13.3 Å². The molecule has 1 heterocycles. The maximum atomic E-state index is 11.7. The molecule has 18 heavy (non-hydrogen) atoms. The van der Waals surface area contributed by atoms with Gasteiger partial charge in [0.15, 0.2) is 0 Å². The second kappa shape index (κ2) is 9.34. The molecule has 2 atom stereocenters. The van der Waals surface area contributed by atoms with Crippen molar-refractivity contribution in [2.24, 2.45) is 0 Å². The van der Waals surface area contributed by atoms with Crippen molar-refractivity contribution < 1.29 is 14.3 Å². The number of hydrogen-bond donors (Lipinski definition) is 1. The Morgan fingerprint density at radius 2 is 2.28 bits per heavy atom. The van der Waals surface area contributed by atoms with Gasteiger partial charge < -0.3 is 14.8 Å². The van der Waals surface area contributed by atoms with Gasteiger partial charge in [-0.15, -0.1) is 0 Å². The van der Waals surface area contributed by atoms with E-state index in [0.717, 1.165) is 38.8 Å². The molecule has 0 radical (unpaired) electrons. The molecule has 1 N–H and O–H groups in total. The third-order valence-corrected chi connectivity index (χ3v) is 3.28. The van der Waals surface area contributed by atoms with Crippen molar-refractivity contribution >= 4 is 5.97 Å². The first-order valence-electron chi connectivity index (χ1n) is 7.29. The molecule has 4 nitrogen and oxygen atoms in total. The SMILES string of the molecule is CCCC(NCCC1CCCCO1)C(=O)OCC. The smallest absolute Gasteiger partial charge is 0.323 e. The maximum absolute atomic E-state index is 11.7. The lowest BCUT2D eigenvalue weighted by atomic mass is 10.1. The Morgan fingerprint density at radius 1 is 1.44 bits per heavy atom. The Morgan fingerprint density at radius 3 is 2.89 bits per heavy atom. The largest absolute Gasteiger partial charge is 0.465 e. The summed E-state index contributed by atoms with van der Waals surface area (Å²) in [6, 6.07) is -0.154. The van der Waals surface area contributed by atoms with Crippen molar-refractivity contribution in [3.05, 3.63) is 0 Å². The van der Waals surface area contributed by atoms with Gasteiger partial charge in [0.2, 0.25) is 0 Å². The van der Waals surface area contributed by atoms with Crippen LogP contribution in [0.15, 0.2) is 0 Å². The predicted molar refractivity (Wildman–Crippen MR) is 71.5 cm³/mol. The van der Waals surface area contributed by atoms with Gasteiger partial charge in [0.25, 0.3) is 0 Å². The number of esters is 1. The summed E-state index contributed by atoms with van der Waals surface area (Å²) in [6.07, 6.45) is 6.78. The Labute approximate surface area is 110 Å². The number of rotatable bonds is 8. The molecular weight excluding hydrogens is 230 g/mol. The second-order valence-electron chi connectivity index (χ2n) is 4.82. The van der Waals surface area contributed by atoms with Crippen molar-refractivity contribution in [1.82, 2.24) is 5.32 Å². The van der Waals surface area contributed by atoms with Crippen LogP contribution in [0.4, 0.5) is 0 Å². The number of hydrogen-bond acceptors (Lipinski definition) is 4. The lowest BCUT2D eigenvalue weighted by Crippen LogP contribution is -2.39. The third kappa shape index (κ3) is 5.83. The normalized spacial score (nSPS) is 21.6. The van der Waals surface area contributed by atoms with Crippen LogP contribution in [-0.2, 0) is 14.3 Å². The minimum absolute atomic E-state index is 0.121. The van der Waals surface area contributed by atoms with Gasteiger partial charge in [-0.25, -0.2) is 0 Å². The lowest BCUT2D eigenvalue weighted by Gasteiger charge is -2.23. The molecule has 0 aromatic heterocycles. The van der Waals surface area contributed by atoms with Crippen molar-refractivity contribution in [2.75, 3.05) is 19.8 Å². The summed E-state index contributed by atoms with van der Waals surface area (Å²) < 4.78 is 10.7. The molecule has 2 unspecified atom stereocenters. The molecule has 0 aliphatic carbocycles. The van der Waals surface area contributed by atoms with Crippen molar-refractivity contribution in [3.63, 3.8) is 0 Å². The summed E-state index contributed by atoms with van der Waals surface area (Å²) in [4.78, 5) is 11.7. The minimum atomic E-state index is -0.154. The zero-order valence-electron chi connectivity index (χ0n) is 11.7. The summed E-state index contributed by atoms with van der Waals surface area (Å²) in [7, 11) is 0. The second-order valence-corrected chi connectivity index (χ2v) is 4.82. The van der Waals surface area contributed by atoms with Crippen molar-refractivity contribution in [3.8, 4) is 0 Å². The van der Waals surface area contributed by atoms with E-state index < -0.39 is 0 Å². The van der Waals surface area contributed by atoms with Gasteiger partial charge in [-0.3, -0.25) is 4.79 Å². The van der Waals surface area contributed by atoms with Crippen LogP contribution in [0.5, 0.6) is 0 Å². The molecule has 0 amide bonds. The van der Waals surface area contributed by atoms with Gasteiger partial charge >= 0.3 is 5.97 Å². The maximum Gasteiger partial charge on any atom is 0.323 e. The molecule has 1 rings (SSSR count). The average Bonchev–Trinajstić information content (AvgIpc) is 2.39. The molecule has 106 valence electrons. The average molecular weight is 257 g/mol. The Bertz CT molecular complexity index is 227. The minimum Gasteiger partial charge on any atom is -0.465 e. The van der Waals surface area contributed by atoms with Gasteiger partial charge in [0, 0.05) is 6.61 Å². The van der Waals surface area contributed by atoms with Crippen molar-refractivity contribution in [2.45, 2.75) is 64.5 Å². The summed E-state index contributed by atoms with van der Waals surface area (Å²) in [5, 5.41) is 3.30. The third-order valence-electron chi connectivity index (χ3n) is 3.28. The van der Waals surface area contributed by atoms with Gasteiger partial charge in [0.1, 0.15) is 6.04 Å². The zero-order valence-corrected chi connectivity index (χ0v) is 11.7. The van der Waals surface area contributed by atoms with Crippen LogP contribution in [0, 0.1) is 0 Å². The summed E-state index contributed by atoms with van der Waals surface area (Å²) in [5.41, 5.74) is 0. The highest BCUT2D eigenvalue weighted by atomic mass is 16.5. The molecule has 1 aliphatic heterocycles. The Balaban J connectivity index is 2.21. The van der Waals surface area contributed by atoms with E-state index in [4.69, 9.17) is 9.47 Å². The summed E-state index contributed by atoms with van der Waals surface area (Å²) >= 11 is 0. The van der Waals surface area contributed by atoms with Gasteiger partial charge in [-0.05, 0) is 45.6 Å². The van der Waals surface area contributed by atoms with Crippen LogP contribution in [-0.4, -0.2) is 37.9 Å². The summed E-state index contributed by atoms with van der Waals surface area (Å²) in [5.74, 6) is -0.121. The van der Waals surface area contributed by atoms with E-state index in [9.17, 15) is 4.79 Å². The Hall–Kier alpha value is -0.610. The zero-order chi connectivity index (χ0) is 13.2. The van der Waals surface area contributed by atoms with E-state index in [-0.39, 0.29) is 12.0 Å². The van der Waals surface area contributed by atoms with Crippen LogP contribution in [0.3, 0.4) is 0 Å². The molecule has 4 heteroatoms. The monoisotopic (exact) mass is 257 g/mol. The lowest BCUT2D eigenvalue weighted by molar-refractivity contribution is -0.145. The molecule has 0 aromatic carbocycles. The van der Waals surface area contributed by atoms with Crippen LogP contribution in [0.2, 0.25) is 0 Å². The highest BCUT2D eigenvalue weighted by Crippen LogP contribution is 2.15.